The zero-order chi connectivity index (χ0) is 29.8. The van der Waals surface area contributed by atoms with Gasteiger partial charge < -0.3 is 16.6 Å². The van der Waals surface area contributed by atoms with Gasteiger partial charge in [0.2, 0.25) is 0 Å². The zero-order valence-corrected chi connectivity index (χ0v) is 23.4. The molecule has 7 rings (SSSR count). The summed E-state index contributed by atoms with van der Waals surface area (Å²) in [6.45, 7) is 0.489. The summed E-state index contributed by atoms with van der Waals surface area (Å²) < 4.78 is 21.0. The predicted octanol–water partition coefficient (Wildman–Crippen LogP) is 3.51. The fraction of sp³-hybridized carbons (Fsp3) is 0.323. The molecule has 5 N–H and O–H groups in total. The maximum atomic E-state index is 16.1. The van der Waals surface area contributed by atoms with Crippen LogP contribution in [0.2, 0.25) is 0 Å². The lowest BCUT2D eigenvalue weighted by Gasteiger charge is -2.27. The number of hydrogen-bond donors (Lipinski definition) is 3. The van der Waals surface area contributed by atoms with E-state index in [1.54, 1.807) is 39.7 Å². The number of nitrogens with two attached hydrogens (primary N) is 2. The van der Waals surface area contributed by atoms with Crippen LogP contribution in [0.3, 0.4) is 0 Å². The van der Waals surface area contributed by atoms with Gasteiger partial charge in [-0.2, -0.15) is 9.78 Å². The molecule has 43 heavy (non-hydrogen) atoms. The van der Waals surface area contributed by atoms with Gasteiger partial charge in [-0.15, -0.1) is 0 Å². The van der Waals surface area contributed by atoms with Crippen LogP contribution in [0.15, 0.2) is 59.8 Å². The maximum Gasteiger partial charge on any atom is 0.286 e. The minimum atomic E-state index is -0.828. The molecular formula is C31H31FN8O3. The molecule has 0 radical (unpaired) electrons. The van der Waals surface area contributed by atoms with Crippen LogP contribution in [0.5, 0.6) is 0 Å². The molecule has 5 heterocycles. The fourth-order valence-electron chi connectivity index (χ4n) is 6.91. The van der Waals surface area contributed by atoms with Gasteiger partial charge in [0.05, 0.1) is 11.8 Å². The number of carbonyl (C=O) groups is 1. The van der Waals surface area contributed by atoms with Crippen LogP contribution in [0.25, 0.3) is 22.5 Å². The first-order valence-electron chi connectivity index (χ1n) is 14.5. The second-order valence-corrected chi connectivity index (χ2v) is 11.4. The van der Waals surface area contributed by atoms with Gasteiger partial charge in [0.15, 0.2) is 11.6 Å². The third-order valence-corrected chi connectivity index (χ3v) is 8.90. The highest BCUT2D eigenvalue weighted by atomic mass is 19.1. The number of hydrogen-bond acceptors (Lipinski definition) is 7. The summed E-state index contributed by atoms with van der Waals surface area (Å²) in [4.78, 5) is 34.6. The summed E-state index contributed by atoms with van der Waals surface area (Å²) in [5.74, 6) is -0.952. The van der Waals surface area contributed by atoms with Crippen LogP contribution in [-0.2, 0) is 6.54 Å². The molecule has 11 nitrogen and oxygen atoms in total. The van der Waals surface area contributed by atoms with Crippen LogP contribution < -0.4 is 17.0 Å². The Balaban J connectivity index is 1.33. The first-order valence-corrected chi connectivity index (χ1v) is 14.5. The second-order valence-electron chi connectivity index (χ2n) is 11.4. The van der Waals surface area contributed by atoms with Crippen LogP contribution in [0.4, 0.5) is 10.2 Å². The number of nitrogens with zero attached hydrogens (tertiary/aromatic N) is 6. The summed E-state index contributed by atoms with van der Waals surface area (Å²) in [5, 5.41) is 14.5. The largest absolute Gasteiger partial charge is 0.393 e. The van der Waals surface area contributed by atoms with Crippen molar-refractivity contribution in [1.82, 2.24) is 28.9 Å². The summed E-state index contributed by atoms with van der Waals surface area (Å²) >= 11 is 0. The number of amides is 1. The molecule has 1 aliphatic heterocycles. The number of aliphatic hydroxyl groups is 1. The highest BCUT2D eigenvalue weighted by molar-refractivity contribution is 5.94. The number of carbonyl (C=O) groups excluding carboxylic acids is 1. The van der Waals surface area contributed by atoms with E-state index in [0.717, 1.165) is 18.5 Å². The first kappa shape index (κ1) is 27.0. The van der Waals surface area contributed by atoms with E-state index in [1.807, 2.05) is 12.1 Å². The molecule has 0 saturated heterocycles. The highest BCUT2D eigenvalue weighted by Gasteiger charge is 2.34. The number of halogens is 1. The van der Waals surface area contributed by atoms with Crippen molar-refractivity contribution in [2.24, 2.45) is 5.73 Å². The molecule has 2 aliphatic rings. The van der Waals surface area contributed by atoms with Gasteiger partial charge in [0, 0.05) is 41.4 Å². The van der Waals surface area contributed by atoms with E-state index in [-0.39, 0.29) is 23.4 Å². The predicted molar refractivity (Wildman–Crippen MR) is 157 cm³/mol. The lowest BCUT2D eigenvalue weighted by Crippen LogP contribution is -2.26. The Labute approximate surface area is 245 Å². The van der Waals surface area contributed by atoms with Gasteiger partial charge in [0.25, 0.3) is 11.5 Å². The Kier molecular flexibility index (Phi) is 6.57. The average Bonchev–Trinajstić information content (AvgIpc) is 3.54. The standard InChI is InChI=1S/C31H31FN8O3/c32-23-14-18(20-4-3-13-38-27(20)26(30(34)42)31(43)40(38)25-5-1-2-12-35-25)8-11-21(23)22-15-24(17-6-9-19(41)10-7-17)39-28(22)29(33)36-16-37-39/h1-2,5,8,11-12,14-17,19-20,41H,3-4,6-7,9-10,13H2,(H2,34,42)(H2,33,36,37). The molecule has 0 bridgehead atoms. The number of pyridine rings is 1. The van der Waals surface area contributed by atoms with Crippen molar-refractivity contribution in [3.8, 4) is 16.9 Å². The second kappa shape index (κ2) is 10.5. The lowest BCUT2D eigenvalue weighted by atomic mass is 9.85. The molecule has 1 saturated carbocycles. The quantitative estimate of drug-likeness (QED) is 0.286. The topological polar surface area (TPSA) is 159 Å². The van der Waals surface area contributed by atoms with Crippen LogP contribution in [0.1, 0.15) is 77.7 Å². The fourth-order valence-corrected chi connectivity index (χ4v) is 6.91. The molecule has 220 valence electrons. The highest BCUT2D eigenvalue weighted by Crippen LogP contribution is 2.41. The molecule has 5 aromatic rings. The Hall–Kier alpha value is -4.84. The van der Waals surface area contributed by atoms with E-state index in [4.69, 9.17) is 11.5 Å². The minimum Gasteiger partial charge on any atom is -0.393 e. The molecule has 1 aromatic carbocycles. The maximum absolute atomic E-state index is 16.1. The Bertz CT molecular complexity index is 1920. The van der Waals surface area contributed by atoms with Crippen LogP contribution >= 0.6 is 0 Å². The average molecular weight is 583 g/mol. The van der Waals surface area contributed by atoms with E-state index in [0.29, 0.717) is 65.9 Å². The molecular weight excluding hydrogens is 551 g/mol. The summed E-state index contributed by atoms with van der Waals surface area (Å²) in [6, 6.07) is 12.1. The van der Waals surface area contributed by atoms with Crippen molar-refractivity contribution in [2.45, 2.75) is 63.0 Å². The SMILES string of the molecule is NC(=O)c1c2n(n(-c3ccccn3)c1=O)CCCC2c1ccc(-c2cc(C3CCC(O)CC3)n3ncnc(N)c23)c(F)c1. The Morgan fingerprint density at radius 3 is 2.56 bits per heavy atom. The van der Waals surface area contributed by atoms with Crippen LogP contribution in [-0.4, -0.2) is 46.1 Å². The van der Waals surface area contributed by atoms with Crippen molar-refractivity contribution in [1.29, 1.82) is 0 Å². The number of primary amides is 1. The Morgan fingerprint density at radius 2 is 1.84 bits per heavy atom. The summed E-state index contributed by atoms with van der Waals surface area (Å²) in [6.07, 6.45) is 6.95. The van der Waals surface area contributed by atoms with Crippen molar-refractivity contribution in [2.75, 3.05) is 5.73 Å². The molecule has 1 unspecified atom stereocenters. The van der Waals surface area contributed by atoms with E-state index in [9.17, 15) is 14.7 Å². The number of aliphatic hydroxyl groups excluding tert-OH is 1. The van der Waals surface area contributed by atoms with Gasteiger partial charge in [0.1, 0.15) is 23.2 Å². The molecule has 1 aliphatic carbocycles. The molecule has 4 aromatic heterocycles. The van der Waals surface area contributed by atoms with Crippen molar-refractivity contribution in [3.63, 3.8) is 0 Å². The molecule has 1 amide bonds. The number of benzene rings is 1. The lowest BCUT2D eigenvalue weighted by molar-refractivity contribution is 0.0997. The molecule has 0 spiro atoms. The number of rotatable bonds is 5. The number of anilines is 1. The van der Waals surface area contributed by atoms with Gasteiger partial charge in [-0.25, -0.2) is 18.9 Å². The third kappa shape index (κ3) is 4.40. The third-order valence-electron chi connectivity index (χ3n) is 8.90. The smallest absolute Gasteiger partial charge is 0.286 e. The van der Waals surface area contributed by atoms with Gasteiger partial charge >= 0.3 is 0 Å². The summed E-state index contributed by atoms with van der Waals surface area (Å²) in [5.41, 5.74) is 14.9. The van der Waals surface area contributed by atoms with E-state index >= 15 is 4.39 Å². The van der Waals surface area contributed by atoms with Gasteiger partial charge in [-0.1, -0.05) is 18.2 Å². The van der Waals surface area contributed by atoms with Gasteiger partial charge in [-0.05, 0) is 68.4 Å². The minimum absolute atomic E-state index is 0.106. The monoisotopic (exact) mass is 582 g/mol. The molecule has 1 atom stereocenters. The number of aromatic nitrogens is 6. The first-order chi connectivity index (χ1) is 20.8. The van der Waals surface area contributed by atoms with Crippen molar-refractivity contribution in [3.05, 3.63) is 93.7 Å². The summed E-state index contributed by atoms with van der Waals surface area (Å²) in [7, 11) is 0. The van der Waals surface area contributed by atoms with Crippen LogP contribution in [0, 0.1) is 5.82 Å². The Morgan fingerprint density at radius 1 is 1.02 bits per heavy atom. The number of nitrogen functional groups attached to an aromatic ring is 1. The number of fused-ring (bicyclic) bond motifs is 2. The van der Waals surface area contributed by atoms with Crippen molar-refractivity contribution < 1.29 is 14.3 Å². The van der Waals surface area contributed by atoms with E-state index < -0.39 is 23.2 Å². The van der Waals surface area contributed by atoms with Crippen molar-refractivity contribution >= 4 is 17.2 Å². The van der Waals surface area contributed by atoms with E-state index in [1.165, 1.54) is 17.1 Å². The zero-order valence-electron chi connectivity index (χ0n) is 23.4. The van der Waals surface area contributed by atoms with Gasteiger partial charge in [-0.3, -0.25) is 14.3 Å². The molecule has 12 heteroatoms. The normalized spacial score (nSPS) is 20.3. The van der Waals surface area contributed by atoms with E-state index in [2.05, 4.69) is 15.1 Å². The molecule has 1 fully saturated rings.